The van der Waals surface area contributed by atoms with E-state index in [4.69, 9.17) is 17.4 Å². The number of hydrazine groups is 1. The van der Waals surface area contributed by atoms with Crippen molar-refractivity contribution in [1.82, 2.24) is 5.43 Å². The molecule has 0 aliphatic rings. The molecular weight excluding hydrogens is 300 g/mol. The maximum atomic E-state index is 6.02. The van der Waals surface area contributed by atoms with Gasteiger partial charge in [-0.3, -0.25) is 5.84 Å². The molecule has 0 saturated carbocycles. The van der Waals surface area contributed by atoms with Crippen LogP contribution in [0.5, 0.6) is 0 Å². The third kappa shape index (κ3) is 2.87. The van der Waals surface area contributed by atoms with Crippen molar-refractivity contribution in [2.45, 2.75) is 6.04 Å². The van der Waals surface area contributed by atoms with Gasteiger partial charge >= 0.3 is 0 Å². The molecule has 2 aromatic rings. The molecule has 17 heavy (non-hydrogen) atoms. The molecule has 0 bridgehead atoms. The first kappa shape index (κ1) is 12.6. The Balaban J connectivity index is 2.46. The number of rotatable bonds is 3. The number of halogens is 2. The topological polar surface area (TPSA) is 38.0 Å². The van der Waals surface area contributed by atoms with Gasteiger partial charge in [-0.15, -0.1) is 0 Å². The normalized spacial score (nSPS) is 12.4. The first-order chi connectivity index (χ1) is 8.22. The number of nitrogens with two attached hydrogens (primary N) is 1. The average Bonchev–Trinajstić information content (AvgIpc) is 2.36. The summed E-state index contributed by atoms with van der Waals surface area (Å²) in [7, 11) is 0. The monoisotopic (exact) mass is 310 g/mol. The number of benzene rings is 2. The van der Waals surface area contributed by atoms with Crippen LogP contribution in [0.3, 0.4) is 0 Å². The first-order valence-electron chi connectivity index (χ1n) is 5.18. The van der Waals surface area contributed by atoms with Crippen LogP contribution < -0.4 is 11.3 Å². The van der Waals surface area contributed by atoms with Crippen molar-refractivity contribution in [3.8, 4) is 0 Å². The molecule has 0 heterocycles. The van der Waals surface area contributed by atoms with Gasteiger partial charge in [0.15, 0.2) is 0 Å². The summed E-state index contributed by atoms with van der Waals surface area (Å²) >= 11 is 9.53. The Morgan fingerprint density at radius 2 is 1.82 bits per heavy atom. The molecule has 1 unspecified atom stereocenters. The van der Waals surface area contributed by atoms with Crippen molar-refractivity contribution in [3.05, 3.63) is 69.2 Å². The minimum Gasteiger partial charge on any atom is -0.271 e. The zero-order chi connectivity index (χ0) is 12.3. The fourth-order valence-electron chi connectivity index (χ4n) is 1.75. The van der Waals surface area contributed by atoms with Crippen molar-refractivity contribution < 1.29 is 0 Å². The predicted octanol–water partition coefficient (Wildman–Crippen LogP) is 3.66. The van der Waals surface area contributed by atoms with E-state index in [-0.39, 0.29) is 6.04 Å². The quantitative estimate of drug-likeness (QED) is 0.670. The third-order valence-corrected chi connectivity index (χ3v) is 3.53. The Bertz CT molecular complexity index is 502. The lowest BCUT2D eigenvalue weighted by atomic mass is 9.99. The lowest BCUT2D eigenvalue weighted by Crippen LogP contribution is -2.29. The zero-order valence-electron chi connectivity index (χ0n) is 9.03. The Morgan fingerprint density at radius 1 is 1.12 bits per heavy atom. The molecule has 0 saturated heterocycles. The van der Waals surface area contributed by atoms with E-state index in [9.17, 15) is 0 Å². The molecule has 2 rings (SSSR count). The predicted molar refractivity (Wildman–Crippen MR) is 74.8 cm³/mol. The molecule has 0 aliphatic carbocycles. The second-order valence-corrected chi connectivity index (χ2v) is 4.97. The lowest BCUT2D eigenvalue weighted by Gasteiger charge is -2.18. The zero-order valence-corrected chi connectivity index (χ0v) is 11.4. The highest BCUT2D eigenvalue weighted by atomic mass is 79.9. The van der Waals surface area contributed by atoms with Crippen molar-refractivity contribution in [3.63, 3.8) is 0 Å². The van der Waals surface area contributed by atoms with Gasteiger partial charge in [-0.1, -0.05) is 57.9 Å². The molecule has 4 heteroatoms. The largest absolute Gasteiger partial charge is 0.271 e. The van der Waals surface area contributed by atoms with E-state index in [0.29, 0.717) is 5.02 Å². The first-order valence-corrected chi connectivity index (χ1v) is 6.35. The highest BCUT2D eigenvalue weighted by molar-refractivity contribution is 9.10. The minimum absolute atomic E-state index is 0.0794. The van der Waals surface area contributed by atoms with Crippen LogP contribution in [0.2, 0.25) is 5.02 Å². The van der Waals surface area contributed by atoms with Crippen LogP contribution in [0.25, 0.3) is 0 Å². The van der Waals surface area contributed by atoms with Crippen LogP contribution >= 0.6 is 27.5 Å². The van der Waals surface area contributed by atoms with Gasteiger partial charge in [0.2, 0.25) is 0 Å². The number of hydrogen-bond acceptors (Lipinski definition) is 2. The van der Waals surface area contributed by atoms with Gasteiger partial charge < -0.3 is 0 Å². The maximum Gasteiger partial charge on any atom is 0.0721 e. The summed E-state index contributed by atoms with van der Waals surface area (Å²) in [6, 6.07) is 15.6. The smallest absolute Gasteiger partial charge is 0.0721 e. The molecule has 2 aromatic carbocycles. The summed E-state index contributed by atoms with van der Waals surface area (Å²) in [6.07, 6.45) is 0. The average molecular weight is 312 g/mol. The Labute approximate surface area is 114 Å². The van der Waals surface area contributed by atoms with Gasteiger partial charge in [0, 0.05) is 9.50 Å². The molecule has 3 N–H and O–H groups in total. The van der Waals surface area contributed by atoms with Gasteiger partial charge in [0.1, 0.15) is 0 Å². The van der Waals surface area contributed by atoms with Crippen molar-refractivity contribution in [1.29, 1.82) is 0 Å². The van der Waals surface area contributed by atoms with Crippen LogP contribution in [0.1, 0.15) is 17.2 Å². The van der Waals surface area contributed by atoms with E-state index < -0.39 is 0 Å². The summed E-state index contributed by atoms with van der Waals surface area (Å²) < 4.78 is 0.980. The van der Waals surface area contributed by atoms with Gasteiger partial charge in [-0.2, -0.15) is 0 Å². The SMILES string of the molecule is NNC(c1ccccc1)c1cc(Cl)ccc1Br. The molecule has 2 nitrogen and oxygen atoms in total. The summed E-state index contributed by atoms with van der Waals surface area (Å²) in [4.78, 5) is 0. The second kappa shape index (κ2) is 5.65. The Kier molecular flexibility index (Phi) is 4.18. The van der Waals surface area contributed by atoms with E-state index in [2.05, 4.69) is 21.4 Å². The van der Waals surface area contributed by atoms with Crippen LogP contribution in [-0.4, -0.2) is 0 Å². The van der Waals surface area contributed by atoms with Crippen molar-refractivity contribution in [2.24, 2.45) is 5.84 Å². The summed E-state index contributed by atoms with van der Waals surface area (Å²) in [5, 5.41) is 0.694. The molecule has 1 atom stereocenters. The van der Waals surface area contributed by atoms with E-state index >= 15 is 0 Å². The molecule has 88 valence electrons. The van der Waals surface area contributed by atoms with E-state index in [1.54, 1.807) is 0 Å². The van der Waals surface area contributed by atoms with E-state index in [0.717, 1.165) is 15.6 Å². The number of hydrogen-bond donors (Lipinski definition) is 2. The highest BCUT2D eigenvalue weighted by Crippen LogP contribution is 2.30. The summed E-state index contributed by atoms with van der Waals surface area (Å²) in [5.74, 6) is 5.64. The molecular formula is C13H12BrClN2. The summed E-state index contributed by atoms with van der Waals surface area (Å²) in [5.41, 5.74) is 4.93. The van der Waals surface area contributed by atoms with Gasteiger partial charge in [-0.25, -0.2) is 5.43 Å². The van der Waals surface area contributed by atoms with Crippen molar-refractivity contribution in [2.75, 3.05) is 0 Å². The molecule has 0 spiro atoms. The fourth-order valence-corrected chi connectivity index (χ4v) is 2.40. The van der Waals surface area contributed by atoms with Crippen LogP contribution in [0.4, 0.5) is 0 Å². The van der Waals surface area contributed by atoms with Crippen LogP contribution in [0.15, 0.2) is 53.0 Å². The number of nitrogens with one attached hydrogen (secondary N) is 1. The highest BCUT2D eigenvalue weighted by Gasteiger charge is 2.15. The minimum atomic E-state index is -0.0794. The maximum absolute atomic E-state index is 6.02. The van der Waals surface area contributed by atoms with Gasteiger partial charge in [0.05, 0.1) is 6.04 Å². The van der Waals surface area contributed by atoms with Crippen molar-refractivity contribution >= 4 is 27.5 Å². The second-order valence-electron chi connectivity index (χ2n) is 3.68. The van der Waals surface area contributed by atoms with Crippen LogP contribution in [0, 0.1) is 0 Å². The summed E-state index contributed by atoms with van der Waals surface area (Å²) in [6.45, 7) is 0. The standard InChI is InChI=1S/C13H12BrClN2/c14-12-7-6-10(15)8-11(12)13(17-16)9-4-2-1-3-5-9/h1-8,13,17H,16H2. The van der Waals surface area contributed by atoms with E-state index in [1.165, 1.54) is 0 Å². The van der Waals surface area contributed by atoms with E-state index in [1.807, 2.05) is 48.5 Å². The van der Waals surface area contributed by atoms with Gasteiger partial charge in [-0.05, 0) is 29.3 Å². The Morgan fingerprint density at radius 3 is 2.47 bits per heavy atom. The fraction of sp³-hybridized carbons (Fsp3) is 0.0769. The molecule has 0 amide bonds. The lowest BCUT2D eigenvalue weighted by molar-refractivity contribution is 0.635. The molecule has 0 fully saturated rings. The third-order valence-electron chi connectivity index (χ3n) is 2.57. The van der Waals surface area contributed by atoms with Gasteiger partial charge in [0.25, 0.3) is 0 Å². The van der Waals surface area contributed by atoms with Crippen LogP contribution in [-0.2, 0) is 0 Å². The molecule has 0 aromatic heterocycles. The molecule has 0 aliphatic heterocycles. The molecule has 0 radical (unpaired) electrons. The Hall–Kier alpha value is -0.870.